The zero-order valence-corrected chi connectivity index (χ0v) is 25.1. The van der Waals surface area contributed by atoms with Gasteiger partial charge in [0.15, 0.2) is 0 Å². The minimum atomic E-state index is -3.81. The van der Waals surface area contributed by atoms with E-state index in [1.807, 2.05) is 13.8 Å². The first-order chi connectivity index (χ1) is 17.4. The van der Waals surface area contributed by atoms with Gasteiger partial charge in [0.05, 0.1) is 11.9 Å². The lowest BCUT2D eigenvalue weighted by atomic mass is 10.1. The molecule has 1 unspecified atom stereocenters. The molecule has 1 saturated carbocycles. The first-order valence-electron chi connectivity index (χ1n) is 12.2. The van der Waals surface area contributed by atoms with Gasteiger partial charge in [0.25, 0.3) is 0 Å². The van der Waals surface area contributed by atoms with Crippen molar-refractivity contribution < 1.29 is 18.0 Å². The minimum absolute atomic E-state index is 0.0302. The molecule has 37 heavy (non-hydrogen) atoms. The van der Waals surface area contributed by atoms with E-state index in [1.165, 1.54) is 4.90 Å². The zero-order chi connectivity index (χ0) is 27.3. The third-order valence-corrected chi connectivity index (χ3v) is 9.17. The molecule has 202 valence electrons. The highest BCUT2D eigenvalue weighted by atomic mass is 79.9. The van der Waals surface area contributed by atoms with Gasteiger partial charge in [-0.2, -0.15) is 0 Å². The molecule has 11 heteroatoms. The predicted molar refractivity (Wildman–Crippen MR) is 153 cm³/mol. The van der Waals surface area contributed by atoms with Crippen LogP contribution in [-0.4, -0.2) is 50.0 Å². The van der Waals surface area contributed by atoms with E-state index < -0.39 is 28.5 Å². The van der Waals surface area contributed by atoms with Gasteiger partial charge >= 0.3 is 0 Å². The standard InChI is InChI=1S/C26H32BrCl2N3O4S/c1-4-24(26(34)30-20-7-5-6-8-20)31(15-18-9-10-19(28)14-23(18)29)25(33)16-32(37(3,35)36)21-11-12-22(27)17(2)13-21/h9-14,20,24H,4-8,15-16H2,1-3H3,(H,30,34). The Kier molecular flexibility index (Phi) is 10.3. The maximum atomic E-state index is 13.8. The summed E-state index contributed by atoms with van der Waals surface area (Å²) in [7, 11) is -3.81. The third kappa shape index (κ3) is 7.85. The number of rotatable bonds is 10. The number of sulfonamides is 1. The fourth-order valence-corrected chi connectivity index (χ4v) is 6.07. The van der Waals surface area contributed by atoms with Gasteiger partial charge in [-0.3, -0.25) is 13.9 Å². The highest BCUT2D eigenvalue weighted by molar-refractivity contribution is 9.10. The molecular weight excluding hydrogens is 601 g/mol. The molecule has 7 nitrogen and oxygen atoms in total. The quantitative estimate of drug-likeness (QED) is 0.364. The Morgan fingerprint density at radius 2 is 1.81 bits per heavy atom. The topological polar surface area (TPSA) is 86.8 Å². The number of nitrogens with one attached hydrogen (secondary N) is 1. The molecule has 2 aromatic carbocycles. The Labute approximate surface area is 237 Å². The van der Waals surface area contributed by atoms with Crippen LogP contribution in [0.4, 0.5) is 5.69 Å². The van der Waals surface area contributed by atoms with Crippen molar-refractivity contribution in [1.82, 2.24) is 10.2 Å². The molecule has 0 spiro atoms. The van der Waals surface area contributed by atoms with Crippen LogP contribution in [0, 0.1) is 6.92 Å². The highest BCUT2D eigenvalue weighted by Gasteiger charge is 2.33. The van der Waals surface area contributed by atoms with Crippen molar-refractivity contribution >= 4 is 66.7 Å². The van der Waals surface area contributed by atoms with Gasteiger partial charge in [-0.25, -0.2) is 8.42 Å². The second-order valence-electron chi connectivity index (χ2n) is 9.37. The monoisotopic (exact) mass is 631 g/mol. The summed E-state index contributed by atoms with van der Waals surface area (Å²) >= 11 is 15.9. The summed E-state index contributed by atoms with van der Waals surface area (Å²) in [6, 6.07) is 9.30. The van der Waals surface area contributed by atoms with Crippen molar-refractivity contribution in [2.75, 3.05) is 17.1 Å². The normalized spacial score (nSPS) is 14.9. The first-order valence-corrected chi connectivity index (χ1v) is 15.6. The molecule has 0 heterocycles. The summed E-state index contributed by atoms with van der Waals surface area (Å²) in [5, 5.41) is 3.89. The van der Waals surface area contributed by atoms with Crippen LogP contribution in [0.5, 0.6) is 0 Å². The van der Waals surface area contributed by atoms with Crippen LogP contribution < -0.4 is 9.62 Å². The second kappa shape index (κ2) is 12.8. The summed E-state index contributed by atoms with van der Waals surface area (Å²) in [6.07, 6.45) is 5.34. The predicted octanol–water partition coefficient (Wildman–Crippen LogP) is 5.70. The van der Waals surface area contributed by atoms with E-state index in [4.69, 9.17) is 23.2 Å². The Morgan fingerprint density at radius 3 is 2.38 bits per heavy atom. The number of carbonyl (C=O) groups excluding carboxylic acids is 2. The van der Waals surface area contributed by atoms with Crippen LogP contribution in [0.15, 0.2) is 40.9 Å². The third-order valence-electron chi connectivity index (χ3n) is 6.55. The molecule has 2 amide bonds. The Hall–Kier alpha value is -1.81. The van der Waals surface area contributed by atoms with E-state index in [0.717, 1.165) is 46.3 Å². The van der Waals surface area contributed by atoms with Crippen molar-refractivity contribution in [3.8, 4) is 0 Å². The maximum absolute atomic E-state index is 13.8. The molecule has 1 fully saturated rings. The van der Waals surface area contributed by atoms with Crippen molar-refractivity contribution in [3.63, 3.8) is 0 Å². The molecule has 0 aromatic heterocycles. The average molecular weight is 633 g/mol. The molecule has 1 aliphatic rings. The fraction of sp³-hybridized carbons (Fsp3) is 0.462. The number of nitrogens with zero attached hydrogens (tertiary/aromatic N) is 2. The van der Waals surface area contributed by atoms with E-state index in [0.29, 0.717) is 27.7 Å². The second-order valence-corrected chi connectivity index (χ2v) is 13.0. The molecule has 0 radical (unpaired) electrons. The lowest BCUT2D eigenvalue weighted by Gasteiger charge is -2.33. The van der Waals surface area contributed by atoms with E-state index in [2.05, 4.69) is 21.2 Å². The van der Waals surface area contributed by atoms with E-state index in [9.17, 15) is 18.0 Å². The van der Waals surface area contributed by atoms with E-state index in [1.54, 1.807) is 36.4 Å². The molecule has 0 bridgehead atoms. The van der Waals surface area contributed by atoms with Crippen LogP contribution >= 0.6 is 39.1 Å². The molecule has 1 atom stereocenters. The summed E-state index contributed by atoms with van der Waals surface area (Å²) < 4.78 is 27.4. The van der Waals surface area contributed by atoms with Crippen molar-refractivity contribution in [2.45, 2.75) is 64.6 Å². The molecule has 2 aromatic rings. The van der Waals surface area contributed by atoms with Gasteiger partial charge in [-0.15, -0.1) is 0 Å². The van der Waals surface area contributed by atoms with Crippen LogP contribution in [0.1, 0.15) is 50.2 Å². The highest BCUT2D eigenvalue weighted by Crippen LogP contribution is 2.27. The van der Waals surface area contributed by atoms with Gasteiger partial charge in [-0.05, 0) is 67.6 Å². The molecule has 0 saturated heterocycles. The SMILES string of the molecule is CCC(C(=O)NC1CCCC1)N(Cc1ccc(Cl)cc1Cl)C(=O)CN(c1ccc(Br)c(C)c1)S(C)(=O)=O. The number of hydrogen-bond donors (Lipinski definition) is 1. The van der Waals surface area contributed by atoms with E-state index >= 15 is 0 Å². The first kappa shape index (κ1) is 29.7. The molecular formula is C26H32BrCl2N3O4S. The van der Waals surface area contributed by atoms with Crippen molar-refractivity contribution in [1.29, 1.82) is 0 Å². The van der Waals surface area contributed by atoms with Gasteiger partial charge in [0.2, 0.25) is 21.8 Å². The summed E-state index contributed by atoms with van der Waals surface area (Å²) in [5.74, 6) is -0.760. The molecule has 3 rings (SSSR count). The number of benzene rings is 2. The lowest BCUT2D eigenvalue weighted by molar-refractivity contribution is -0.140. The van der Waals surface area contributed by atoms with Crippen LogP contribution in [0.2, 0.25) is 10.0 Å². The number of halogens is 3. The van der Waals surface area contributed by atoms with Crippen molar-refractivity contribution in [2.24, 2.45) is 0 Å². The average Bonchev–Trinajstić information content (AvgIpc) is 3.32. The number of aryl methyl sites for hydroxylation is 1. The maximum Gasteiger partial charge on any atom is 0.244 e. The van der Waals surface area contributed by atoms with Crippen LogP contribution in [0.25, 0.3) is 0 Å². The van der Waals surface area contributed by atoms with E-state index in [-0.39, 0.29) is 18.5 Å². The zero-order valence-electron chi connectivity index (χ0n) is 21.1. The Morgan fingerprint density at radius 1 is 1.14 bits per heavy atom. The molecule has 0 aliphatic heterocycles. The molecule has 1 aliphatic carbocycles. The smallest absolute Gasteiger partial charge is 0.244 e. The summed E-state index contributed by atoms with van der Waals surface area (Å²) in [4.78, 5) is 28.6. The largest absolute Gasteiger partial charge is 0.352 e. The number of hydrogen-bond acceptors (Lipinski definition) is 4. The summed E-state index contributed by atoms with van der Waals surface area (Å²) in [6.45, 7) is 3.24. The van der Waals surface area contributed by atoms with Gasteiger partial charge in [0.1, 0.15) is 12.6 Å². The van der Waals surface area contributed by atoms with Gasteiger partial charge < -0.3 is 10.2 Å². The lowest BCUT2D eigenvalue weighted by Crippen LogP contribution is -2.53. The number of anilines is 1. The van der Waals surface area contributed by atoms with Crippen LogP contribution in [-0.2, 0) is 26.2 Å². The minimum Gasteiger partial charge on any atom is -0.352 e. The summed E-state index contributed by atoms with van der Waals surface area (Å²) in [5.41, 5.74) is 1.80. The Bertz CT molecular complexity index is 1250. The Balaban J connectivity index is 1.96. The van der Waals surface area contributed by atoms with Gasteiger partial charge in [-0.1, -0.05) is 65.0 Å². The van der Waals surface area contributed by atoms with Crippen LogP contribution in [0.3, 0.4) is 0 Å². The van der Waals surface area contributed by atoms with Crippen molar-refractivity contribution in [3.05, 3.63) is 62.0 Å². The number of carbonyl (C=O) groups is 2. The van der Waals surface area contributed by atoms with Gasteiger partial charge in [0, 0.05) is 27.1 Å². The molecule has 1 N–H and O–H groups in total. The number of amides is 2. The fourth-order valence-electron chi connectivity index (χ4n) is 4.52.